The third-order valence-corrected chi connectivity index (χ3v) is 6.93. The fourth-order valence-electron chi connectivity index (χ4n) is 3.75. The molecule has 0 aliphatic heterocycles. The largest absolute Gasteiger partial charge is 0.494 e. The second kappa shape index (κ2) is 13.3. The van der Waals surface area contributed by atoms with Crippen LogP contribution >= 0.6 is 11.6 Å². The molecule has 35 heavy (non-hydrogen) atoms. The fraction of sp³-hybridized carbons (Fsp3) is 0.440. The predicted molar refractivity (Wildman–Crippen MR) is 139 cm³/mol. The van der Waals surface area contributed by atoms with Crippen LogP contribution in [0.25, 0.3) is 0 Å². The van der Waals surface area contributed by atoms with Crippen molar-refractivity contribution >= 4 is 39.1 Å². The summed E-state index contributed by atoms with van der Waals surface area (Å²) in [5, 5.41) is 3.21. The number of nitrogens with zero attached hydrogens (tertiary/aromatic N) is 2. The van der Waals surface area contributed by atoms with Crippen molar-refractivity contribution in [2.75, 3.05) is 30.8 Å². The highest BCUT2D eigenvalue weighted by Gasteiger charge is 2.28. The van der Waals surface area contributed by atoms with Crippen molar-refractivity contribution in [2.45, 2.75) is 45.7 Å². The minimum absolute atomic E-state index is 0.0874. The Bertz CT molecular complexity index is 1080. The Morgan fingerprint density at radius 3 is 2.20 bits per heavy atom. The molecule has 0 saturated carbocycles. The monoisotopic (exact) mass is 523 g/mol. The Kier molecular flexibility index (Phi) is 10.9. The van der Waals surface area contributed by atoms with E-state index in [-0.39, 0.29) is 31.3 Å². The molecule has 0 spiro atoms. The first-order valence-corrected chi connectivity index (χ1v) is 13.8. The van der Waals surface area contributed by atoms with E-state index in [1.54, 1.807) is 41.3 Å². The molecule has 0 bridgehead atoms. The van der Waals surface area contributed by atoms with Gasteiger partial charge in [0.2, 0.25) is 21.8 Å². The molecule has 1 N–H and O–H groups in total. The lowest BCUT2D eigenvalue weighted by Crippen LogP contribution is -2.48. The van der Waals surface area contributed by atoms with Crippen LogP contribution in [0.3, 0.4) is 0 Å². The SMILES string of the molecule is CCOc1ccc(N(CCCC(=O)N(Cc2ccc(Cl)cc2)[C@@H](CC)C(=O)NC)S(C)(=O)=O)cc1. The van der Waals surface area contributed by atoms with Gasteiger partial charge in [0, 0.05) is 31.6 Å². The van der Waals surface area contributed by atoms with Crippen LogP contribution in [0.4, 0.5) is 5.69 Å². The van der Waals surface area contributed by atoms with Crippen molar-refractivity contribution in [3.8, 4) is 5.75 Å². The van der Waals surface area contributed by atoms with Gasteiger partial charge in [-0.1, -0.05) is 30.7 Å². The van der Waals surface area contributed by atoms with E-state index in [1.165, 1.54) is 11.4 Å². The van der Waals surface area contributed by atoms with Crippen molar-refractivity contribution in [1.82, 2.24) is 10.2 Å². The molecule has 0 aliphatic carbocycles. The number of carbonyl (C=O) groups excluding carboxylic acids is 2. The van der Waals surface area contributed by atoms with Gasteiger partial charge < -0.3 is 15.0 Å². The number of rotatable bonds is 13. The predicted octanol–water partition coefficient (Wildman–Crippen LogP) is 3.84. The topological polar surface area (TPSA) is 96.0 Å². The summed E-state index contributed by atoms with van der Waals surface area (Å²) in [6, 6.07) is 13.3. The molecular weight excluding hydrogens is 490 g/mol. The zero-order chi connectivity index (χ0) is 26.0. The van der Waals surface area contributed by atoms with Gasteiger partial charge in [-0.05, 0) is 61.7 Å². The molecule has 2 aromatic carbocycles. The van der Waals surface area contributed by atoms with Crippen LogP contribution in [0.1, 0.15) is 38.7 Å². The van der Waals surface area contributed by atoms with Crippen LogP contribution in [0, 0.1) is 0 Å². The van der Waals surface area contributed by atoms with Gasteiger partial charge in [0.05, 0.1) is 18.6 Å². The molecule has 0 unspecified atom stereocenters. The lowest BCUT2D eigenvalue weighted by atomic mass is 10.1. The molecule has 1 atom stereocenters. The van der Waals surface area contributed by atoms with Gasteiger partial charge in [-0.2, -0.15) is 0 Å². The molecular formula is C25H34ClN3O5S. The Hall–Kier alpha value is -2.78. The number of amides is 2. The van der Waals surface area contributed by atoms with Crippen molar-refractivity contribution < 1.29 is 22.7 Å². The quantitative estimate of drug-likeness (QED) is 0.430. The minimum Gasteiger partial charge on any atom is -0.494 e. The van der Waals surface area contributed by atoms with E-state index < -0.39 is 16.1 Å². The first-order valence-electron chi connectivity index (χ1n) is 11.6. The number of benzene rings is 2. The minimum atomic E-state index is -3.56. The average Bonchev–Trinajstić information content (AvgIpc) is 2.82. The summed E-state index contributed by atoms with van der Waals surface area (Å²) in [6.07, 6.45) is 1.96. The van der Waals surface area contributed by atoms with Crippen LogP contribution in [0.2, 0.25) is 5.02 Å². The van der Waals surface area contributed by atoms with Crippen LogP contribution in [0.15, 0.2) is 48.5 Å². The fourth-order valence-corrected chi connectivity index (χ4v) is 4.84. The van der Waals surface area contributed by atoms with Gasteiger partial charge in [-0.15, -0.1) is 0 Å². The summed E-state index contributed by atoms with van der Waals surface area (Å²) in [4.78, 5) is 27.3. The molecule has 0 saturated heterocycles. The number of hydrogen-bond acceptors (Lipinski definition) is 5. The maximum absolute atomic E-state index is 13.3. The van der Waals surface area contributed by atoms with Crippen molar-refractivity contribution in [2.24, 2.45) is 0 Å². The number of halogens is 1. The van der Waals surface area contributed by atoms with Crippen LogP contribution < -0.4 is 14.4 Å². The van der Waals surface area contributed by atoms with Gasteiger partial charge >= 0.3 is 0 Å². The second-order valence-corrected chi connectivity index (χ2v) is 10.4. The highest BCUT2D eigenvalue weighted by molar-refractivity contribution is 7.92. The Morgan fingerprint density at radius 1 is 1.06 bits per heavy atom. The summed E-state index contributed by atoms with van der Waals surface area (Å²) in [7, 11) is -2.02. The summed E-state index contributed by atoms with van der Waals surface area (Å²) in [5.74, 6) is 0.176. The zero-order valence-corrected chi connectivity index (χ0v) is 22.2. The first kappa shape index (κ1) is 28.5. The van der Waals surface area contributed by atoms with E-state index in [2.05, 4.69) is 5.32 Å². The summed E-state index contributed by atoms with van der Waals surface area (Å²) >= 11 is 5.98. The summed E-state index contributed by atoms with van der Waals surface area (Å²) in [6.45, 7) is 4.61. The number of sulfonamides is 1. The average molecular weight is 524 g/mol. The van der Waals surface area contributed by atoms with E-state index in [4.69, 9.17) is 16.3 Å². The third kappa shape index (κ3) is 8.43. The van der Waals surface area contributed by atoms with Crippen molar-refractivity contribution in [1.29, 1.82) is 0 Å². The molecule has 2 rings (SSSR count). The third-order valence-electron chi connectivity index (χ3n) is 5.49. The smallest absolute Gasteiger partial charge is 0.242 e. The lowest BCUT2D eigenvalue weighted by Gasteiger charge is -2.30. The molecule has 0 aliphatic rings. The van der Waals surface area contributed by atoms with E-state index in [0.717, 1.165) is 11.8 Å². The van der Waals surface area contributed by atoms with E-state index in [0.29, 0.717) is 35.9 Å². The molecule has 0 radical (unpaired) electrons. The lowest BCUT2D eigenvalue weighted by molar-refractivity contribution is -0.141. The van der Waals surface area contributed by atoms with Crippen LogP contribution in [-0.2, 0) is 26.2 Å². The molecule has 2 amide bonds. The molecule has 8 nitrogen and oxygen atoms in total. The van der Waals surface area contributed by atoms with Gasteiger partial charge in [0.25, 0.3) is 0 Å². The van der Waals surface area contributed by atoms with Crippen molar-refractivity contribution in [3.63, 3.8) is 0 Å². The van der Waals surface area contributed by atoms with Gasteiger partial charge in [-0.3, -0.25) is 13.9 Å². The maximum atomic E-state index is 13.3. The van der Waals surface area contributed by atoms with Crippen LogP contribution in [0.5, 0.6) is 5.75 Å². The molecule has 192 valence electrons. The Balaban J connectivity index is 2.16. The molecule has 2 aromatic rings. The van der Waals surface area contributed by atoms with Gasteiger partial charge in [0.15, 0.2) is 0 Å². The number of hydrogen-bond donors (Lipinski definition) is 1. The van der Waals surface area contributed by atoms with Gasteiger partial charge in [-0.25, -0.2) is 8.42 Å². The maximum Gasteiger partial charge on any atom is 0.242 e. The van der Waals surface area contributed by atoms with E-state index in [1.807, 2.05) is 26.0 Å². The zero-order valence-electron chi connectivity index (χ0n) is 20.7. The summed E-state index contributed by atoms with van der Waals surface area (Å²) < 4.78 is 31.6. The molecule has 0 fully saturated rings. The van der Waals surface area contributed by atoms with Gasteiger partial charge in [0.1, 0.15) is 11.8 Å². The Morgan fingerprint density at radius 2 is 1.69 bits per heavy atom. The molecule has 0 heterocycles. The number of ether oxygens (including phenoxy) is 1. The van der Waals surface area contributed by atoms with E-state index >= 15 is 0 Å². The standard InChI is InChI=1S/C25H34ClN3O5S/c1-5-23(25(31)27-3)28(18-19-9-11-20(26)12-10-19)24(30)8-7-17-29(35(4,32)33)21-13-15-22(16-14-21)34-6-2/h9-16,23H,5-8,17-18H2,1-4H3,(H,27,31)/t23-/m0/s1. The highest BCUT2D eigenvalue weighted by Crippen LogP contribution is 2.23. The molecule has 0 aromatic heterocycles. The normalized spacial score (nSPS) is 12.0. The number of likely N-dealkylation sites (N-methyl/N-ethyl adjacent to an activating group) is 1. The number of carbonyl (C=O) groups is 2. The second-order valence-electron chi connectivity index (χ2n) is 8.05. The molecule has 10 heteroatoms. The first-order chi connectivity index (χ1) is 16.6. The van der Waals surface area contributed by atoms with Crippen molar-refractivity contribution in [3.05, 3.63) is 59.1 Å². The van der Waals surface area contributed by atoms with E-state index in [9.17, 15) is 18.0 Å². The summed E-state index contributed by atoms with van der Waals surface area (Å²) in [5.41, 5.74) is 1.34. The number of anilines is 1. The van der Waals surface area contributed by atoms with Crippen LogP contribution in [-0.4, -0.2) is 57.6 Å². The highest BCUT2D eigenvalue weighted by atomic mass is 35.5. The Labute approximate surface area is 213 Å². The number of nitrogens with one attached hydrogen (secondary N) is 1.